The summed E-state index contributed by atoms with van der Waals surface area (Å²) >= 11 is 0. The zero-order valence-corrected chi connectivity index (χ0v) is 21.6. The van der Waals surface area contributed by atoms with Crippen molar-refractivity contribution in [2.24, 2.45) is 5.92 Å². The minimum Gasteiger partial charge on any atom is -0.381 e. The molecule has 0 aliphatic carbocycles. The summed E-state index contributed by atoms with van der Waals surface area (Å²) in [5, 5.41) is 3.78. The van der Waals surface area contributed by atoms with Gasteiger partial charge in [-0.05, 0) is 38.8 Å². The zero-order chi connectivity index (χ0) is 27.5. The third kappa shape index (κ3) is 4.43. The number of aromatic nitrogens is 3. The maximum Gasteiger partial charge on any atom is 0.419 e. The highest BCUT2D eigenvalue weighted by Crippen LogP contribution is 2.43. The first kappa shape index (κ1) is 26.0. The number of ether oxygens (including phenoxy) is 2. The maximum atomic E-state index is 14.8. The van der Waals surface area contributed by atoms with Crippen LogP contribution < -0.4 is 5.32 Å². The number of alkyl halides is 3. The number of nitrogens with one attached hydrogen (secondary N) is 1. The van der Waals surface area contributed by atoms with Crippen LogP contribution in [0, 0.1) is 18.7 Å². The highest BCUT2D eigenvalue weighted by molar-refractivity contribution is 5.89. The number of likely N-dealkylation sites (tertiary alicyclic amines) is 1. The van der Waals surface area contributed by atoms with Crippen molar-refractivity contribution in [3.8, 4) is 0 Å². The van der Waals surface area contributed by atoms with Crippen LogP contribution in [0.3, 0.4) is 0 Å². The number of aryl methyl sites for hydroxylation is 1. The third-order valence-corrected chi connectivity index (χ3v) is 7.95. The summed E-state index contributed by atoms with van der Waals surface area (Å²) in [6.07, 6.45) is -3.35. The second-order valence-corrected chi connectivity index (χ2v) is 10.5. The fraction of sp³-hybridized carbons (Fsp3) is 0.519. The van der Waals surface area contributed by atoms with Crippen LogP contribution in [-0.2, 0) is 32.6 Å². The van der Waals surface area contributed by atoms with Crippen LogP contribution >= 0.6 is 0 Å². The Bertz CT molecular complexity index is 1430. The smallest absolute Gasteiger partial charge is 0.381 e. The van der Waals surface area contributed by atoms with Crippen molar-refractivity contribution >= 4 is 22.8 Å². The molecule has 3 aromatic rings. The minimum absolute atomic E-state index is 0.0346. The Kier molecular flexibility index (Phi) is 6.29. The summed E-state index contributed by atoms with van der Waals surface area (Å²) < 4.78 is 68.4. The highest BCUT2D eigenvalue weighted by Gasteiger charge is 2.52. The van der Waals surface area contributed by atoms with Crippen molar-refractivity contribution in [1.29, 1.82) is 0 Å². The second-order valence-electron chi connectivity index (χ2n) is 10.5. The highest BCUT2D eigenvalue weighted by atomic mass is 19.4. The lowest BCUT2D eigenvalue weighted by atomic mass is 9.86. The van der Waals surface area contributed by atoms with E-state index in [-0.39, 0.29) is 17.4 Å². The molecule has 0 saturated carbocycles. The predicted octanol–water partition coefficient (Wildman–Crippen LogP) is 4.57. The summed E-state index contributed by atoms with van der Waals surface area (Å²) in [4.78, 5) is 24.0. The van der Waals surface area contributed by atoms with Gasteiger partial charge in [-0.15, -0.1) is 0 Å². The van der Waals surface area contributed by atoms with Gasteiger partial charge in [0.15, 0.2) is 0 Å². The molecular weight excluding hydrogens is 518 g/mol. The molecule has 1 atom stereocenters. The number of hydrogen-bond acceptors (Lipinski definition) is 6. The maximum absolute atomic E-state index is 14.8. The van der Waals surface area contributed by atoms with Gasteiger partial charge in [-0.3, -0.25) is 4.79 Å². The lowest BCUT2D eigenvalue weighted by molar-refractivity contribution is -0.186. The first-order valence-electron chi connectivity index (χ1n) is 13.1. The molecule has 6 rings (SSSR count). The van der Waals surface area contributed by atoms with E-state index in [1.807, 2.05) is 11.0 Å². The molecule has 39 heavy (non-hydrogen) atoms. The average Bonchev–Trinajstić information content (AvgIpc) is 3.26. The summed E-state index contributed by atoms with van der Waals surface area (Å²) in [5.41, 5.74) is -0.543. The molecule has 1 aromatic carbocycles. The van der Waals surface area contributed by atoms with Gasteiger partial charge in [-0.2, -0.15) is 13.2 Å². The van der Waals surface area contributed by atoms with Crippen LogP contribution in [0.25, 0.3) is 11.0 Å². The first-order valence-corrected chi connectivity index (χ1v) is 13.1. The number of amides is 1. The molecule has 0 radical (unpaired) electrons. The SMILES string of the molecule is Cc1nc(N[C@H](C)c2cccc(C(F)(F)F)c2F)c2cc3n(c2n1)CCOC31CN(C(=O)C2CCOCC2)C1. The Morgan fingerprint density at radius 1 is 1.18 bits per heavy atom. The van der Waals surface area contributed by atoms with Gasteiger partial charge in [0.25, 0.3) is 0 Å². The number of carbonyl (C=O) groups excluding carboxylic acids is 1. The lowest BCUT2D eigenvalue weighted by Crippen LogP contribution is -2.65. The van der Waals surface area contributed by atoms with E-state index in [1.165, 1.54) is 12.1 Å². The number of carbonyl (C=O) groups is 1. The molecule has 0 bridgehead atoms. The number of fused-ring (bicyclic) bond motifs is 4. The summed E-state index contributed by atoms with van der Waals surface area (Å²) in [6.45, 7) is 6.38. The standard InChI is InChI=1S/C27H29F4N5O3/c1-15(18-4-3-5-20(22(18)28)27(29,30)31)32-23-19-12-21-26(39-11-8-36(21)24(19)34-16(2)33-23)13-35(14-26)25(37)17-6-9-38-10-7-17/h3-5,12,15,17H,6-11,13-14H2,1-2H3,(H,32,33,34)/t15-/m1/s1. The number of hydrogen-bond donors (Lipinski definition) is 1. The van der Waals surface area contributed by atoms with Crippen LogP contribution in [-0.4, -0.2) is 58.3 Å². The van der Waals surface area contributed by atoms with Gasteiger partial charge in [0.2, 0.25) is 5.91 Å². The van der Waals surface area contributed by atoms with Gasteiger partial charge in [-0.25, -0.2) is 14.4 Å². The number of nitrogens with zero attached hydrogens (tertiary/aromatic N) is 4. The Morgan fingerprint density at radius 2 is 1.92 bits per heavy atom. The number of halogens is 4. The van der Waals surface area contributed by atoms with Crippen molar-refractivity contribution in [1.82, 2.24) is 19.4 Å². The van der Waals surface area contributed by atoms with Crippen LogP contribution in [0.1, 0.15) is 48.5 Å². The van der Waals surface area contributed by atoms with Gasteiger partial charge in [0.05, 0.1) is 42.4 Å². The van der Waals surface area contributed by atoms with Crippen molar-refractivity contribution in [3.05, 3.63) is 52.7 Å². The van der Waals surface area contributed by atoms with Crippen molar-refractivity contribution in [3.63, 3.8) is 0 Å². The monoisotopic (exact) mass is 547 g/mol. The molecular formula is C27H29F4N5O3. The number of benzene rings is 1. The van der Waals surface area contributed by atoms with E-state index in [1.54, 1.807) is 13.8 Å². The zero-order valence-electron chi connectivity index (χ0n) is 21.6. The molecule has 1 N–H and O–H groups in total. The molecule has 3 aliphatic heterocycles. The van der Waals surface area contributed by atoms with Crippen molar-refractivity contribution in [2.45, 2.75) is 51.1 Å². The van der Waals surface area contributed by atoms with Gasteiger partial charge in [0, 0.05) is 31.2 Å². The minimum atomic E-state index is -4.79. The normalized spacial score (nSPS) is 20.1. The average molecular weight is 548 g/mol. The van der Waals surface area contributed by atoms with E-state index >= 15 is 0 Å². The molecule has 1 amide bonds. The topological polar surface area (TPSA) is 81.5 Å². The van der Waals surface area contributed by atoms with Crippen LogP contribution in [0.4, 0.5) is 23.4 Å². The van der Waals surface area contributed by atoms with Crippen LogP contribution in [0.5, 0.6) is 0 Å². The Labute approximate surface area is 222 Å². The van der Waals surface area contributed by atoms with Crippen LogP contribution in [0.2, 0.25) is 0 Å². The van der Waals surface area contributed by atoms with E-state index in [0.717, 1.165) is 24.6 Å². The van der Waals surface area contributed by atoms with Gasteiger partial charge >= 0.3 is 6.18 Å². The largest absolute Gasteiger partial charge is 0.419 e. The molecule has 0 unspecified atom stereocenters. The fourth-order valence-corrected chi connectivity index (χ4v) is 5.92. The molecule has 8 nitrogen and oxygen atoms in total. The van der Waals surface area contributed by atoms with E-state index in [4.69, 9.17) is 9.47 Å². The van der Waals surface area contributed by atoms with E-state index < -0.39 is 29.2 Å². The predicted molar refractivity (Wildman–Crippen MR) is 133 cm³/mol. The van der Waals surface area contributed by atoms with E-state index in [9.17, 15) is 22.4 Å². The summed E-state index contributed by atoms with van der Waals surface area (Å²) in [7, 11) is 0. The quantitative estimate of drug-likeness (QED) is 0.483. The van der Waals surface area contributed by atoms with Crippen molar-refractivity contribution < 1.29 is 31.8 Å². The molecule has 208 valence electrons. The molecule has 12 heteroatoms. The molecule has 2 saturated heterocycles. The molecule has 3 aliphatic rings. The van der Waals surface area contributed by atoms with Gasteiger partial charge < -0.3 is 24.3 Å². The Balaban J connectivity index is 1.30. The summed E-state index contributed by atoms with van der Waals surface area (Å²) in [6, 6.07) is 4.38. The second kappa shape index (κ2) is 9.44. The Hall–Kier alpha value is -3.25. The van der Waals surface area contributed by atoms with E-state index in [2.05, 4.69) is 19.9 Å². The Morgan fingerprint density at radius 3 is 2.64 bits per heavy atom. The van der Waals surface area contributed by atoms with Gasteiger partial charge in [0.1, 0.15) is 28.7 Å². The van der Waals surface area contributed by atoms with Crippen molar-refractivity contribution in [2.75, 3.05) is 38.2 Å². The summed E-state index contributed by atoms with van der Waals surface area (Å²) in [5.74, 6) is -0.357. The molecule has 1 spiro atoms. The fourth-order valence-electron chi connectivity index (χ4n) is 5.92. The molecule has 5 heterocycles. The number of anilines is 1. The lowest BCUT2D eigenvalue weighted by Gasteiger charge is -2.52. The number of rotatable bonds is 4. The van der Waals surface area contributed by atoms with Gasteiger partial charge in [-0.1, -0.05) is 12.1 Å². The van der Waals surface area contributed by atoms with Crippen LogP contribution in [0.15, 0.2) is 24.3 Å². The molecule has 2 aromatic heterocycles. The third-order valence-electron chi connectivity index (χ3n) is 7.95. The molecule has 2 fully saturated rings. The first-order chi connectivity index (χ1) is 18.6. The van der Waals surface area contributed by atoms with E-state index in [0.29, 0.717) is 62.1 Å².